The lowest BCUT2D eigenvalue weighted by atomic mass is 9.91. The summed E-state index contributed by atoms with van der Waals surface area (Å²) >= 11 is 0. The first-order valence-corrected chi connectivity index (χ1v) is 11.9. The van der Waals surface area contributed by atoms with Crippen LogP contribution in [0, 0.1) is 0 Å². The van der Waals surface area contributed by atoms with E-state index in [-0.39, 0.29) is 41.4 Å². The van der Waals surface area contributed by atoms with Crippen molar-refractivity contribution in [3.63, 3.8) is 0 Å². The molecule has 0 atom stereocenters. The molecular weight excluding hydrogens is 490 g/mol. The van der Waals surface area contributed by atoms with Crippen LogP contribution in [-0.4, -0.2) is 45.1 Å². The number of hydrogen-bond acceptors (Lipinski definition) is 9. The van der Waals surface area contributed by atoms with Crippen molar-refractivity contribution in [3.8, 4) is 23.3 Å². The zero-order valence-corrected chi connectivity index (χ0v) is 20.4. The molecule has 4 rings (SSSR count). The summed E-state index contributed by atoms with van der Waals surface area (Å²) in [5, 5.41) is 26.7. The van der Waals surface area contributed by atoms with Crippen molar-refractivity contribution in [1.82, 2.24) is 10.3 Å². The Morgan fingerprint density at radius 2 is 1.24 bits per heavy atom. The van der Waals surface area contributed by atoms with Crippen LogP contribution in [0.15, 0.2) is 71.0 Å². The number of hydrogen-bond donors (Lipinski definition) is 6. The van der Waals surface area contributed by atoms with Gasteiger partial charge in [-0.05, 0) is 74.2 Å². The molecule has 1 heterocycles. The Hall–Kier alpha value is -4.84. The number of amides is 1. The number of nitrogens with two attached hydrogens (primary N) is 3. The Balaban J connectivity index is 1.58. The molecule has 12 heteroatoms. The van der Waals surface area contributed by atoms with Gasteiger partial charge >= 0.3 is 0 Å². The number of aromatic nitrogens is 1. The third kappa shape index (κ3) is 6.68. The Morgan fingerprint density at radius 1 is 0.789 bits per heavy atom. The standard InChI is InChI=1S/C26H29N7O5/c27-18-5-7-19(8-6-18)30-26(34)17-13-22(37-20-9-1-15(2-10-20)24(28)32-35)31-23(14-17)38-21-11-3-16(4-12-21)25(29)33-36/h1-4,9-14,18-19,35-36H,5-8,27H2,(H2,28,32)(H2,29,33)(H,30,34). The topological polar surface area (TPSA) is 204 Å². The normalized spacial score (nSPS) is 18.0. The number of ether oxygens (including phenoxy) is 2. The highest BCUT2D eigenvalue weighted by Crippen LogP contribution is 2.28. The van der Waals surface area contributed by atoms with Crippen molar-refractivity contribution in [1.29, 1.82) is 0 Å². The molecule has 0 unspecified atom stereocenters. The van der Waals surface area contributed by atoms with Gasteiger partial charge in [0.15, 0.2) is 11.7 Å². The summed E-state index contributed by atoms with van der Waals surface area (Å²) in [5.74, 6) is 0.731. The van der Waals surface area contributed by atoms with Crippen LogP contribution in [0.5, 0.6) is 23.3 Å². The first kappa shape index (κ1) is 26.2. The van der Waals surface area contributed by atoms with Crippen LogP contribution in [-0.2, 0) is 0 Å². The van der Waals surface area contributed by atoms with Gasteiger partial charge in [0.2, 0.25) is 11.8 Å². The maximum Gasteiger partial charge on any atom is 0.251 e. The number of nitrogens with zero attached hydrogens (tertiary/aromatic N) is 3. The van der Waals surface area contributed by atoms with E-state index in [9.17, 15) is 4.79 Å². The maximum atomic E-state index is 13.1. The van der Waals surface area contributed by atoms with Gasteiger partial charge in [-0.1, -0.05) is 10.3 Å². The number of nitrogens with one attached hydrogen (secondary N) is 1. The average Bonchev–Trinajstić information content (AvgIpc) is 2.94. The molecule has 0 aliphatic heterocycles. The lowest BCUT2D eigenvalue weighted by molar-refractivity contribution is 0.0925. The SMILES string of the molecule is N/C(=N\O)c1ccc(Oc2cc(C(=O)NC3CCC(N)CC3)cc(Oc3ccc(/C(N)=N/O)cc3)n2)cc1. The van der Waals surface area contributed by atoms with Gasteiger partial charge in [-0.2, -0.15) is 4.98 Å². The zero-order chi connectivity index (χ0) is 27.1. The van der Waals surface area contributed by atoms with Gasteiger partial charge in [-0.25, -0.2) is 0 Å². The smallest absolute Gasteiger partial charge is 0.251 e. The Morgan fingerprint density at radius 3 is 1.66 bits per heavy atom. The van der Waals surface area contributed by atoms with Crippen molar-refractivity contribution in [2.24, 2.45) is 27.5 Å². The van der Waals surface area contributed by atoms with E-state index in [1.165, 1.54) is 12.1 Å². The van der Waals surface area contributed by atoms with Crippen LogP contribution in [0.4, 0.5) is 0 Å². The predicted molar refractivity (Wildman–Crippen MR) is 140 cm³/mol. The maximum absolute atomic E-state index is 13.1. The van der Waals surface area contributed by atoms with Crippen molar-refractivity contribution in [2.75, 3.05) is 0 Å². The third-order valence-electron chi connectivity index (χ3n) is 6.11. The van der Waals surface area contributed by atoms with E-state index in [2.05, 4.69) is 20.6 Å². The number of benzene rings is 2. The van der Waals surface area contributed by atoms with E-state index in [1.54, 1.807) is 48.5 Å². The lowest BCUT2D eigenvalue weighted by Crippen LogP contribution is -2.40. The largest absolute Gasteiger partial charge is 0.439 e. The zero-order valence-electron chi connectivity index (χ0n) is 20.4. The number of carbonyl (C=O) groups is 1. The molecule has 0 saturated heterocycles. The van der Waals surface area contributed by atoms with Crippen molar-refractivity contribution >= 4 is 17.6 Å². The minimum atomic E-state index is -0.285. The minimum absolute atomic E-state index is 0.0292. The van der Waals surface area contributed by atoms with Crippen molar-refractivity contribution < 1.29 is 24.7 Å². The highest BCUT2D eigenvalue weighted by Gasteiger charge is 2.22. The summed E-state index contributed by atoms with van der Waals surface area (Å²) in [7, 11) is 0. The van der Waals surface area contributed by atoms with Gasteiger partial charge in [0.1, 0.15) is 11.5 Å². The number of pyridine rings is 1. The summed E-state index contributed by atoms with van der Waals surface area (Å²) in [6.07, 6.45) is 3.33. The molecule has 3 aromatic rings. The molecule has 2 aromatic carbocycles. The summed E-state index contributed by atoms with van der Waals surface area (Å²) < 4.78 is 11.8. The fraction of sp³-hybridized carbons (Fsp3) is 0.231. The summed E-state index contributed by atoms with van der Waals surface area (Å²) in [4.78, 5) is 17.5. The lowest BCUT2D eigenvalue weighted by Gasteiger charge is -2.26. The Bertz CT molecular complexity index is 1240. The molecule has 1 aromatic heterocycles. The van der Waals surface area contributed by atoms with E-state index in [4.69, 9.17) is 37.1 Å². The minimum Gasteiger partial charge on any atom is -0.439 e. The van der Waals surface area contributed by atoms with Crippen LogP contribution in [0.2, 0.25) is 0 Å². The van der Waals surface area contributed by atoms with Crippen LogP contribution in [0.1, 0.15) is 47.2 Å². The molecule has 0 bridgehead atoms. The average molecular weight is 520 g/mol. The third-order valence-corrected chi connectivity index (χ3v) is 6.11. The molecule has 1 aliphatic rings. The first-order chi connectivity index (χ1) is 18.3. The van der Waals surface area contributed by atoms with Crippen LogP contribution >= 0.6 is 0 Å². The van der Waals surface area contributed by atoms with E-state index >= 15 is 0 Å². The summed E-state index contributed by atoms with van der Waals surface area (Å²) in [5.41, 5.74) is 18.5. The number of oxime groups is 2. The first-order valence-electron chi connectivity index (χ1n) is 11.9. The summed E-state index contributed by atoms with van der Waals surface area (Å²) in [6.45, 7) is 0. The molecule has 0 spiro atoms. The molecular formula is C26H29N7O5. The quantitative estimate of drug-likeness (QED) is 0.112. The Labute approximate surface area is 218 Å². The van der Waals surface area contributed by atoms with Crippen molar-refractivity contribution in [3.05, 3.63) is 77.4 Å². The predicted octanol–water partition coefficient (Wildman–Crippen LogP) is 2.85. The van der Waals surface area contributed by atoms with Gasteiger partial charge < -0.3 is 42.4 Å². The highest BCUT2D eigenvalue weighted by molar-refractivity contribution is 5.97. The van der Waals surface area contributed by atoms with Crippen LogP contribution in [0.25, 0.3) is 0 Å². The number of rotatable bonds is 8. The van der Waals surface area contributed by atoms with Gasteiger partial charge in [0.25, 0.3) is 5.91 Å². The fourth-order valence-corrected chi connectivity index (χ4v) is 3.99. The molecule has 1 aliphatic carbocycles. The Kier molecular flexibility index (Phi) is 8.23. The second kappa shape index (κ2) is 11.9. The van der Waals surface area contributed by atoms with Gasteiger partial charge in [-0.3, -0.25) is 4.79 Å². The van der Waals surface area contributed by atoms with E-state index in [0.29, 0.717) is 28.2 Å². The van der Waals surface area contributed by atoms with Gasteiger partial charge in [-0.15, -0.1) is 0 Å². The highest BCUT2D eigenvalue weighted by atomic mass is 16.5. The van der Waals surface area contributed by atoms with E-state index in [1.807, 2.05) is 0 Å². The second-order valence-electron chi connectivity index (χ2n) is 8.84. The molecule has 1 saturated carbocycles. The molecule has 198 valence electrons. The molecule has 1 amide bonds. The molecule has 0 radical (unpaired) electrons. The van der Waals surface area contributed by atoms with Crippen LogP contribution < -0.4 is 32.0 Å². The summed E-state index contributed by atoms with van der Waals surface area (Å²) in [6, 6.07) is 16.2. The van der Waals surface area contributed by atoms with E-state index in [0.717, 1.165) is 25.7 Å². The van der Waals surface area contributed by atoms with Gasteiger partial charge in [0, 0.05) is 35.3 Å². The molecule has 1 fully saturated rings. The van der Waals surface area contributed by atoms with E-state index < -0.39 is 0 Å². The number of carbonyl (C=O) groups excluding carboxylic acids is 1. The molecule has 9 N–H and O–H groups in total. The van der Waals surface area contributed by atoms with Crippen molar-refractivity contribution in [2.45, 2.75) is 37.8 Å². The number of amidine groups is 2. The second-order valence-corrected chi connectivity index (χ2v) is 8.84. The molecule has 38 heavy (non-hydrogen) atoms. The van der Waals surface area contributed by atoms with Gasteiger partial charge in [0.05, 0.1) is 5.56 Å². The monoisotopic (exact) mass is 519 g/mol. The fourth-order valence-electron chi connectivity index (χ4n) is 3.99. The van der Waals surface area contributed by atoms with Crippen LogP contribution in [0.3, 0.4) is 0 Å². The molecule has 12 nitrogen and oxygen atoms in total.